The molecule has 5 nitrogen and oxygen atoms in total. The van der Waals surface area contributed by atoms with Crippen LogP contribution in [0.5, 0.6) is 0 Å². The van der Waals surface area contributed by atoms with E-state index >= 15 is 0 Å². The van der Waals surface area contributed by atoms with E-state index in [4.69, 9.17) is 4.74 Å². The summed E-state index contributed by atoms with van der Waals surface area (Å²) in [7, 11) is 1.52. The summed E-state index contributed by atoms with van der Waals surface area (Å²) in [4.78, 5) is 25.1. The van der Waals surface area contributed by atoms with Crippen LogP contribution in [0.2, 0.25) is 0 Å². The van der Waals surface area contributed by atoms with Gasteiger partial charge in [-0.1, -0.05) is 49.6 Å². The Morgan fingerprint density at radius 2 is 1.81 bits per heavy atom. The second-order valence-corrected chi connectivity index (χ2v) is 5.50. The van der Waals surface area contributed by atoms with Gasteiger partial charge in [-0.15, -0.1) is 0 Å². The summed E-state index contributed by atoms with van der Waals surface area (Å²) >= 11 is 0. The van der Waals surface area contributed by atoms with Crippen molar-refractivity contribution in [2.75, 3.05) is 7.05 Å². The van der Waals surface area contributed by atoms with E-state index in [1.165, 1.54) is 11.9 Å². The van der Waals surface area contributed by atoms with Crippen molar-refractivity contribution in [3.63, 3.8) is 0 Å². The summed E-state index contributed by atoms with van der Waals surface area (Å²) in [6, 6.07) is 9.35. The Bertz CT molecular complexity index is 494. The minimum Gasteiger partial charge on any atom is -0.479 e. The lowest BCUT2D eigenvalue weighted by Crippen LogP contribution is -2.56. The fourth-order valence-corrected chi connectivity index (χ4v) is 2.82. The molecule has 0 saturated heterocycles. The zero-order chi connectivity index (χ0) is 15.3. The minimum absolute atomic E-state index is 0.152. The number of rotatable bonds is 4. The van der Waals surface area contributed by atoms with Crippen molar-refractivity contribution in [1.82, 2.24) is 4.90 Å². The normalized spacial score (nSPS) is 17.0. The smallest absolute Gasteiger partial charge is 0.410 e. The zero-order valence-corrected chi connectivity index (χ0v) is 12.2. The number of hydrogen-bond acceptors (Lipinski definition) is 3. The average molecular weight is 291 g/mol. The quantitative estimate of drug-likeness (QED) is 0.926. The highest BCUT2D eigenvalue weighted by molar-refractivity contribution is 5.84. The molecule has 1 aliphatic rings. The van der Waals surface area contributed by atoms with Gasteiger partial charge in [-0.25, -0.2) is 9.59 Å². The molecule has 1 aromatic rings. The molecular weight excluding hydrogens is 270 g/mol. The number of ether oxygens (including phenoxy) is 1. The van der Waals surface area contributed by atoms with Gasteiger partial charge in [-0.2, -0.15) is 0 Å². The number of nitrogens with zero attached hydrogens (tertiary/aromatic N) is 1. The first-order valence-electron chi connectivity index (χ1n) is 7.24. The summed E-state index contributed by atoms with van der Waals surface area (Å²) in [6.45, 7) is 0.152. The summed E-state index contributed by atoms with van der Waals surface area (Å²) < 4.78 is 5.24. The number of carbonyl (C=O) groups excluding carboxylic acids is 1. The lowest BCUT2D eigenvalue weighted by atomic mass is 9.80. The largest absolute Gasteiger partial charge is 0.479 e. The number of likely N-dealkylation sites (N-methyl/N-ethyl adjacent to an activating group) is 1. The topological polar surface area (TPSA) is 66.8 Å². The molecule has 1 saturated carbocycles. The first-order chi connectivity index (χ1) is 10.1. The fourth-order valence-electron chi connectivity index (χ4n) is 2.82. The van der Waals surface area contributed by atoms with Crippen molar-refractivity contribution in [2.24, 2.45) is 0 Å². The van der Waals surface area contributed by atoms with E-state index in [9.17, 15) is 14.7 Å². The number of carboxylic acids is 1. The maximum atomic E-state index is 12.2. The number of hydrogen-bond donors (Lipinski definition) is 1. The molecule has 5 heteroatoms. The molecule has 0 atom stereocenters. The van der Waals surface area contributed by atoms with Crippen LogP contribution < -0.4 is 0 Å². The Hall–Kier alpha value is -2.04. The van der Waals surface area contributed by atoms with Crippen molar-refractivity contribution in [2.45, 2.75) is 44.2 Å². The van der Waals surface area contributed by atoms with E-state index in [1.807, 2.05) is 30.3 Å². The predicted octanol–water partition coefficient (Wildman–Crippen LogP) is 3.04. The molecule has 1 fully saturated rings. The predicted molar refractivity (Wildman–Crippen MR) is 77.8 cm³/mol. The third-order valence-electron chi connectivity index (χ3n) is 4.20. The Morgan fingerprint density at radius 1 is 1.19 bits per heavy atom. The van der Waals surface area contributed by atoms with Crippen molar-refractivity contribution in [1.29, 1.82) is 0 Å². The first kappa shape index (κ1) is 15.4. The summed E-state index contributed by atoms with van der Waals surface area (Å²) in [5, 5.41) is 9.54. The molecule has 2 rings (SSSR count). The Morgan fingerprint density at radius 3 is 2.38 bits per heavy atom. The van der Waals surface area contributed by atoms with Crippen LogP contribution in [0.25, 0.3) is 0 Å². The van der Waals surface area contributed by atoms with Crippen LogP contribution in [0.3, 0.4) is 0 Å². The van der Waals surface area contributed by atoms with Gasteiger partial charge < -0.3 is 9.84 Å². The molecule has 0 spiro atoms. The standard InChI is InChI=1S/C16H21NO4/c1-17(16(14(18)19)10-6-3-7-11-16)15(20)21-12-13-8-4-2-5-9-13/h2,4-5,8-9H,3,6-7,10-12H2,1H3,(H,18,19). The molecule has 0 bridgehead atoms. The fraction of sp³-hybridized carbons (Fsp3) is 0.500. The first-order valence-corrected chi connectivity index (χ1v) is 7.24. The van der Waals surface area contributed by atoms with Gasteiger partial charge in [0.1, 0.15) is 12.1 Å². The Labute approximate surface area is 124 Å². The zero-order valence-electron chi connectivity index (χ0n) is 12.2. The van der Waals surface area contributed by atoms with Gasteiger partial charge in [-0.05, 0) is 18.4 Å². The Balaban J connectivity index is 2.01. The highest BCUT2D eigenvalue weighted by atomic mass is 16.6. The van der Waals surface area contributed by atoms with Gasteiger partial charge in [0.2, 0.25) is 0 Å². The molecule has 1 amide bonds. The minimum atomic E-state index is -1.12. The molecule has 1 aliphatic carbocycles. The monoisotopic (exact) mass is 291 g/mol. The van der Waals surface area contributed by atoms with E-state index in [2.05, 4.69) is 0 Å². The van der Waals surface area contributed by atoms with E-state index in [0.717, 1.165) is 24.8 Å². The van der Waals surface area contributed by atoms with E-state index in [0.29, 0.717) is 12.8 Å². The lowest BCUT2D eigenvalue weighted by molar-refractivity contribution is -0.152. The van der Waals surface area contributed by atoms with E-state index < -0.39 is 17.6 Å². The summed E-state index contributed by atoms with van der Waals surface area (Å²) in [5.74, 6) is -0.943. The van der Waals surface area contributed by atoms with Crippen LogP contribution in [-0.4, -0.2) is 34.7 Å². The van der Waals surface area contributed by atoms with Crippen LogP contribution in [0.15, 0.2) is 30.3 Å². The molecule has 21 heavy (non-hydrogen) atoms. The highest BCUT2D eigenvalue weighted by Crippen LogP contribution is 2.33. The summed E-state index contributed by atoms with van der Waals surface area (Å²) in [6.07, 6.45) is 3.05. The average Bonchev–Trinajstić information content (AvgIpc) is 2.53. The number of amides is 1. The molecule has 1 N–H and O–H groups in total. The molecule has 0 aromatic heterocycles. The van der Waals surface area contributed by atoms with E-state index in [-0.39, 0.29) is 6.61 Å². The maximum absolute atomic E-state index is 12.2. The van der Waals surface area contributed by atoms with Gasteiger partial charge in [0.25, 0.3) is 0 Å². The number of benzene rings is 1. The number of carboxylic acid groups (broad SMARTS) is 1. The van der Waals surface area contributed by atoms with Crippen LogP contribution >= 0.6 is 0 Å². The summed E-state index contributed by atoms with van der Waals surface area (Å²) in [5.41, 5.74) is -0.237. The van der Waals surface area contributed by atoms with Crippen LogP contribution in [-0.2, 0) is 16.1 Å². The third kappa shape index (κ3) is 3.35. The SMILES string of the molecule is CN(C(=O)OCc1ccccc1)C1(C(=O)O)CCCCC1. The Kier molecular flexibility index (Phi) is 4.83. The van der Waals surface area contributed by atoms with Crippen LogP contribution in [0.4, 0.5) is 4.79 Å². The third-order valence-corrected chi connectivity index (χ3v) is 4.20. The molecule has 0 unspecified atom stereocenters. The van der Waals surface area contributed by atoms with E-state index in [1.54, 1.807) is 0 Å². The molecule has 114 valence electrons. The van der Waals surface area contributed by atoms with Gasteiger partial charge >= 0.3 is 12.1 Å². The van der Waals surface area contributed by atoms with Crippen molar-refractivity contribution >= 4 is 12.1 Å². The van der Waals surface area contributed by atoms with Crippen molar-refractivity contribution in [3.05, 3.63) is 35.9 Å². The van der Waals surface area contributed by atoms with Crippen molar-refractivity contribution in [3.8, 4) is 0 Å². The molecule has 0 radical (unpaired) electrons. The number of carbonyl (C=O) groups is 2. The molecule has 0 heterocycles. The lowest BCUT2D eigenvalue weighted by Gasteiger charge is -2.40. The van der Waals surface area contributed by atoms with Crippen LogP contribution in [0.1, 0.15) is 37.7 Å². The highest BCUT2D eigenvalue weighted by Gasteiger charge is 2.46. The van der Waals surface area contributed by atoms with Gasteiger partial charge in [0.05, 0.1) is 0 Å². The van der Waals surface area contributed by atoms with Gasteiger partial charge in [0, 0.05) is 7.05 Å². The second-order valence-electron chi connectivity index (χ2n) is 5.50. The molecular formula is C16H21NO4. The second kappa shape index (κ2) is 6.61. The van der Waals surface area contributed by atoms with Gasteiger partial charge in [0.15, 0.2) is 0 Å². The van der Waals surface area contributed by atoms with Crippen LogP contribution in [0, 0.1) is 0 Å². The van der Waals surface area contributed by atoms with Crippen molar-refractivity contribution < 1.29 is 19.4 Å². The number of aliphatic carboxylic acids is 1. The van der Waals surface area contributed by atoms with Gasteiger partial charge in [-0.3, -0.25) is 4.90 Å². The molecule has 1 aromatic carbocycles. The molecule has 0 aliphatic heterocycles. The maximum Gasteiger partial charge on any atom is 0.410 e.